The van der Waals surface area contributed by atoms with Gasteiger partial charge in [-0.25, -0.2) is 4.98 Å². The Labute approximate surface area is 89.6 Å². The van der Waals surface area contributed by atoms with Gasteiger partial charge in [0.15, 0.2) is 0 Å². The Morgan fingerprint density at radius 3 is 2.73 bits per heavy atom. The summed E-state index contributed by atoms with van der Waals surface area (Å²) in [5.74, 6) is 2.23. The first-order valence-corrected chi connectivity index (χ1v) is 5.11. The molecule has 1 aromatic rings. The highest BCUT2D eigenvalue weighted by Crippen LogP contribution is 2.29. The van der Waals surface area contributed by atoms with E-state index in [1.165, 1.54) is 0 Å². The first kappa shape index (κ1) is 10.2. The molecular formula is C11H16N2O2. The Kier molecular flexibility index (Phi) is 3.06. The normalized spacial score (nSPS) is 15.9. The van der Waals surface area contributed by atoms with Crippen LogP contribution in [0.4, 0.5) is 0 Å². The first-order valence-electron chi connectivity index (χ1n) is 5.11. The number of hydrogen-bond donors (Lipinski definition) is 1. The van der Waals surface area contributed by atoms with Crippen molar-refractivity contribution in [2.24, 2.45) is 5.92 Å². The molecule has 1 fully saturated rings. The summed E-state index contributed by atoms with van der Waals surface area (Å²) < 4.78 is 10.6. The second-order valence-electron chi connectivity index (χ2n) is 3.73. The molecule has 0 amide bonds. The summed E-state index contributed by atoms with van der Waals surface area (Å²) in [5.41, 5.74) is 1.08. The molecular weight excluding hydrogens is 192 g/mol. The zero-order valence-electron chi connectivity index (χ0n) is 9.12. The third kappa shape index (κ3) is 2.04. The summed E-state index contributed by atoms with van der Waals surface area (Å²) in [5, 5.41) is 3.25. The molecule has 1 aromatic heterocycles. The number of methoxy groups -OCH3 is 2. The minimum atomic E-state index is 0.678. The lowest BCUT2D eigenvalue weighted by atomic mass is 9.94. The van der Waals surface area contributed by atoms with Crippen LogP contribution in [0.5, 0.6) is 11.6 Å². The highest BCUT2D eigenvalue weighted by atomic mass is 16.5. The summed E-state index contributed by atoms with van der Waals surface area (Å²) in [6.07, 6.45) is 2.67. The Hall–Kier alpha value is -1.29. The Morgan fingerprint density at radius 2 is 2.20 bits per heavy atom. The van der Waals surface area contributed by atoms with Crippen LogP contribution in [0.25, 0.3) is 0 Å². The smallest absolute Gasteiger partial charge is 0.220 e. The Balaban J connectivity index is 2.23. The molecule has 82 valence electrons. The van der Waals surface area contributed by atoms with Gasteiger partial charge < -0.3 is 14.8 Å². The van der Waals surface area contributed by atoms with E-state index in [1.54, 1.807) is 20.4 Å². The zero-order chi connectivity index (χ0) is 10.7. The van der Waals surface area contributed by atoms with E-state index in [4.69, 9.17) is 9.47 Å². The van der Waals surface area contributed by atoms with E-state index in [2.05, 4.69) is 10.3 Å². The molecule has 0 bridgehead atoms. The maximum atomic E-state index is 5.32. The van der Waals surface area contributed by atoms with Crippen molar-refractivity contribution in [3.63, 3.8) is 0 Å². The number of nitrogens with one attached hydrogen (secondary N) is 1. The van der Waals surface area contributed by atoms with Crippen molar-refractivity contribution >= 4 is 0 Å². The fourth-order valence-electron chi connectivity index (χ4n) is 1.79. The minimum absolute atomic E-state index is 0.678. The maximum Gasteiger partial charge on any atom is 0.220 e. The van der Waals surface area contributed by atoms with Crippen molar-refractivity contribution in [3.8, 4) is 11.6 Å². The quantitative estimate of drug-likeness (QED) is 0.797. The van der Waals surface area contributed by atoms with Crippen molar-refractivity contribution in [2.45, 2.75) is 6.42 Å². The van der Waals surface area contributed by atoms with Crippen molar-refractivity contribution in [3.05, 3.63) is 17.8 Å². The molecule has 4 nitrogen and oxygen atoms in total. The molecule has 0 spiro atoms. The Bertz CT molecular complexity index is 315. The molecule has 0 atom stereocenters. The van der Waals surface area contributed by atoms with Crippen molar-refractivity contribution < 1.29 is 9.47 Å². The number of pyridine rings is 1. The number of nitrogens with zero attached hydrogens (tertiary/aromatic N) is 1. The van der Waals surface area contributed by atoms with Crippen LogP contribution in [0.3, 0.4) is 0 Å². The topological polar surface area (TPSA) is 43.4 Å². The third-order valence-electron chi connectivity index (χ3n) is 2.75. The highest BCUT2D eigenvalue weighted by Gasteiger charge is 2.21. The SMILES string of the molecule is COc1ccnc(OC)c1CC1CNC1. The lowest BCUT2D eigenvalue weighted by Crippen LogP contribution is -2.43. The monoisotopic (exact) mass is 208 g/mol. The lowest BCUT2D eigenvalue weighted by molar-refractivity contribution is 0.324. The van der Waals surface area contributed by atoms with Crippen LogP contribution in [0.1, 0.15) is 5.56 Å². The second-order valence-corrected chi connectivity index (χ2v) is 3.73. The molecule has 0 unspecified atom stereocenters. The van der Waals surface area contributed by atoms with Crippen LogP contribution in [0.15, 0.2) is 12.3 Å². The summed E-state index contributed by atoms with van der Waals surface area (Å²) in [6.45, 7) is 2.14. The van der Waals surface area contributed by atoms with E-state index in [0.717, 1.165) is 30.8 Å². The summed E-state index contributed by atoms with van der Waals surface area (Å²) >= 11 is 0. The van der Waals surface area contributed by atoms with Crippen LogP contribution in [-0.4, -0.2) is 32.3 Å². The molecule has 0 saturated carbocycles. The molecule has 0 radical (unpaired) electrons. The van der Waals surface area contributed by atoms with Gasteiger partial charge in [0, 0.05) is 6.20 Å². The van der Waals surface area contributed by atoms with E-state index in [-0.39, 0.29) is 0 Å². The van der Waals surface area contributed by atoms with Crippen LogP contribution < -0.4 is 14.8 Å². The highest BCUT2D eigenvalue weighted by molar-refractivity contribution is 5.40. The molecule has 1 N–H and O–H groups in total. The molecule has 2 rings (SSSR count). The molecule has 4 heteroatoms. The van der Waals surface area contributed by atoms with E-state index < -0.39 is 0 Å². The van der Waals surface area contributed by atoms with Gasteiger partial charge in [-0.1, -0.05) is 0 Å². The molecule has 1 saturated heterocycles. The predicted octanol–water partition coefficient (Wildman–Crippen LogP) is 0.861. The van der Waals surface area contributed by atoms with Gasteiger partial charge >= 0.3 is 0 Å². The summed E-state index contributed by atoms with van der Waals surface area (Å²) in [4.78, 5) is 4.19. The van der Waals surface area contributed by atoms with Crippen LogP contribution in [0, 0.1) is 5.92 Å². The van der Waals surface area contributed by atoms with Crippen molar-refractivity contribution in [2.75, 3.05) is 27.3 Å². The van der Waals surface area contributed by atoms with Crippen molar-refractivity contribution in [1.29, 1.82) is 0 Å². The lowest BCUT2D eigenvalue weighted by Gasteiger charge is -2.27. The van der Waals surface area contributed by atoms with Crippen LogP contribution in [0.2, 0.25) is 0 Å². The maximum absolute atomic E-state index is 5.32. The first-order chi connectivity index (χ1) is 7.35. The van der Waals surface area contributed by atoms with Gasteiger partial charge in [0.1, 0.15) is 5.75 Å². The van der Waals surface area contributed by atoms with Gasteiger partial charge in [0.2, 0.25) is 5.88 Å². The average molecular weight is 208 g/mol. The minimum Gasteiger partial charge on any atom is -0.496 e. The molecule has 1 aliphatic heterocycles. The summed E-state index contributed by atoms with van der Waals surface area (Å²) in [6, 6.07) is 1.88. The van der Waals surface area contributed by atoms with E-state index >= 15 is 0 Å². The largest absolute Gasteiger partial charge is 0.496 e. The number of rotatable bonds is 4. The van der Waals surface area contributed by atoms with Gasteiger partial charge in [-0.2, -0.15) is 0 Å². The fourth-order valence-corrected chi connectivity index (χ4v) is 1.79. The molecule has 2 heterocycles. The van der Waals surface area contributed by atoms with Crippen LogP contribution >= 0.6 is 0 Å². The van der Waals surface area contributed by atoms with Gasteiger partial charge in [-0.15, -0.1) is 0 Å². The molecule has 1 aliphatic rings. The second kappa shape index (κ2) is 4.49. The standard InChI is InChI=1S/C11H16N2O2/c1-14-10-3-4-13-11(15-2)9(10)5-8-6-12-7-8/h3-4,8,12H,5-7H2,1-2H3. The Morgan fingerprint density at radius 1 is 1.40 bits per heavy atom. The average Bonchev–Trinajstić information content (AvgIpc) is 2.23. The van der Waals surface area contributed by atoms with Gasteiger partial charge in [0.25, 0.3) is 0 Å². The van der Waals surface area contributed by atoms with Gasteiger partial charge in [0.05, 0.1) is 19.8 Å². The van der Waals surface area contributed by atoms with E-state index in [0.29, 0.717) is 11.8 Å². The third-order valence-corrected chi connectivity index (χ3v) is 2.75. The number of ether oxygens (including phenoxy) is 2. The van der Waals surface area contributed by atoms with Crippen LogP contribution in [-0.2, 0) is 6.42 Å². The number of hydrogen-bond acceptors (Lipinski definition) is 4. The molecule has 15 heavy (non-hydrogen) atoms. The van der Waals surface area contributed by atoms with E-state index in [1.807, 2.05) is 6.07 Å². The number of aromatic nitrogens is 1. The van der Waals surface area contributed by atoms with Crippen molar-refractivity contribution in [1.82, 2.24) is 10.3 Å². The van der Waals surface area contributed by atoms with Gasteiger partial charge in [-0.05, 0) is 31.5 Å². The predicted molar refractivity (Wildman–Crippen MR) is 57.4 cm³/mol. The van der Waals surface area contributed by atoms with Gasteiger partial charge in [-0.3, -0.25) is 0 Å². The zero-order valence-corrected chi connectivity index (χ0v) is 9.12. The fraction of sp³-hybridized carbons (Fsp3) is 0.545. The molecule has 0 aromatic carbocycles. The molecule has 0 aliphatic carbocycles. The van der Waals surface area contributed by atoms with E-state index in [9.17, 15) is 0 Å². The summed E-state index contributed by atoms with van der Waals surface area (Å²) in [7, 11) is 3.32.